The molecule has 1 aliphatic heterocycles. The fourth-order valence-electron chi connectivity index (χ4n) is 3.41. The molecule has 1 aliphatic rings. The lowest BCUT2D eigenvalue weighted by molar-refractivity contribution is 0.497. The number of aromatic nitrogens is 5. The van der Waals surface area contributed by atoms with Crippen molar-refractivity contribution in [3.63, 3.8) is 0 Å². The highest BCUT2D eigenvalue weighted by molar-refractivity contribution is 5.81. The van der Waals surface area contributed by atoms with Crippen LogP contribution in [0.2, 0.25) is 0 Å². The van der Waals surface area contributed by atoms with E-state index in [0.717, 1.165) is 19.0 Å². The van der Waals surface area contributed by atoms with E-state index in [1.165, 1.54) is 6.33 Å². The van der Waals surface area contributed by atoms with E-state index in [0.29, 0.717) is 35.5 Å². The summed E-state index contributed by atoms with van der Waals surface area (Å²) < 4.78 is 45.6. The molecule has 0 bridgehead atoms. The highest BCUT2D eigenvalue weighted by atomic mass is 19.2. The van der Waals surface area contributed by atoms with Crippen molar-refractivity contribution in [3.05, 3.63) is 54.2 Å². The number of hydrogen-bond acceptors (Lipinski definition) is 4. The van der Waals surface area contributed by atoms with Gasteiger partial charge in [-0.25, -0.2) is 27.7 Å². The maximum atomic E-state index is 14.5. The zero-order valence-electron chi connectivity index (χ0n) is 14.0. The lowest BCUT2D eigenvalue weighted by atomic mass is 10.0. The van der Waals surface area contributed by atoms with Crippen LogP contribution >= 0.6 is 0 Å². The molecule has 9 heteroatoms. The second kappa shape index (κ2) is 5.83. The summed E-state index contributed by atoms with van der Waals surface area (Å²) in [5, 5.41) is 7.27. The Labute approximate surface area is 151 Å². The number of fused-ring (bicyclic) bond motifs is 2. The normalized spacial score (nSPS) is 13.6. The van der Waals surface area contributed by atoms with Gasteiger partial charge in [0, 0.05) is 36.5 Å². The predicted molar refractivity (Wildman–Crippen MR) is 92.6 cm³/mol. The molecule has 0 unspecified atom stereocenters. The van der Waals surface area contributed by atoms with E-state index in [-0.39, 0.29) is 11.3 Å². The number of anilines is 1. The molecule has 1 N–H and O–H groups in total. The van der Waals surface area contributed by atoms with Gasteiger partial charge in [-0.3, -0.25) is 0 Å². The van der Waals surface area contributed by atoms with E-state index in [1.54, 1.807) is 22.8 Å². The van der Waals surface area contributed by atoms with Crippen LogP contribution in [0.4, 0.5) is 19.1 Å². The minimum absolute atomic E-state index is 0.176. The molecule has 136 valence electrons. The summed E-state index contributed by atoms with van der Waals surface area (Å²) >= 11 is 0. The van der Waals surface area contributed by atoms with Gasteiger partial charge in [0.2, 0.25) is 5.95 Å². The van der Waals surface area contributed by atoms with Gasteiger partial charge in [0.1, 0.15) is 17.8 Å². The molecule has 27 heavy (non-hydrogen) atoms. The predicted octanol–water partition coefficient (Wildman–Crippen LogP) is 3.49. The van der Waals surface area contributed by atoms with Gasteiger partial charge in [-0.05, 0) is 24.6 Å². The summed E-state index contributed by atoms with van der Waals surface area (Å²) in [6.07, 6.45) is 4.01. The standard InChI is InChI=1S/C18H13F3N6/c19-11-6-12(15(21)13(20)7-11)16-17(26-5-1-4-22-18(26)25-16)10-2-3-14-23-9-24-27(14)8-10/h2-3,6-9H,1,4-5H2,(H,22,25). The van der Waals surface area contributed by atoms with Gasteiger partial charge in [-0.1, -0.05) is 0 Å². The van der Waals surface area contributed by atoms with Crippen molar-refractivity contribution >= 4 is 11.6 Å². The van der Waals surface area contributed by atoms with Crippen molar-refractivity contribution in [2.75, 3.05) is 11.9 Å². The van der Waals surface area contributed by atoms with Crippen molar-refractivity contribution in [2.45, 2.75) is 13.0 Å². The topological polar surface area (TPSA) is 60.0 Å². The van der Waals surface area contributed by atoms with Crippen LogP contribution in [-0.4, -0.2) is 30.7 Å². The first kappa shape index (κ1) is 15.9. The molecule has 0 fully saturated rings. The first-order valence-electron chi connectivity index (χ1n) is 8.41. The zero-order valence-corrected chi connectivity index (χ0v) is 14.0. The molecule has 1 aromatic carbocycles. The summed E-state index contributed by atoms with van der Waals surface area (Å²) in [5.41, 5.74) is 1.87. The van der Waals surface area contributed by atoms with E-state index in [4.69, 9.17) is 0 Å². The fourth-order valence-corrected chi connectivity index (χ4v) is 3.41. The maximum absolute atomic E-state index is 14.5. The number of nitrogens with one attached hydrogen (secondary N) is 1. The molecule has 0 spiro atoms. The molecule has 4 heterocycles. The van der Waals surface area contributed by atoms with Crippen LogP contribution < -0.4 is 5.32 Å². The number of hydrogen-bond donors (Lipinski definition) is 1. The molecule has 0 amide bonds. The summed E-state index contributed by atoms with van der Waals surface area (Å²) in [7, 11) is 0. The van der Waals surface area contributed by atoms with Crippen molar-refractivity contribution in [2.24, 2.45) is 0 Å². The third-order valence-electron chi connectivity index (χ3n) is 4.60. The van der Waals surface area contributed by atoms with Crippen molar-refractivity contribution in [1.29, 1.82) is 0 Å². The SMILES string of the molecule is Fc1cc(F)c(F)c(-c2nc3n(c2-c2ccc4ncnn4c2)CCCN3)c1. The lowest BCUT2D eigenvalue weighted by Crippen LogP contribution is -2.17. The van der Waals surface area contributed by atoms with Crippen molar-refractivity contribution in [1.82, 2.24) is 24.1 Å². The average molecular weight is 370 g/mol. The zero-order chi connectivity index (χ0) is 18.5. The van der Waals surface area contributed by atoms with Crippen LogP contribution in [0.25, 0.3) is 28.2 Å². The number of rotatable bonds is 2. The Morgan fingerprint density at radius 3 is 2.89 bits per heavy atom. The maximum Gasteiger partial charge on any atom is 0.203 e. The van der Waals surface area contributed by atoms with Crippen LogP contribution in [0, 0.1) is 17.5 Å². The second-order valence-corrected chi connectivity index (χ2v) is 6.29. The summed E-state index contributed by atoms with van der Waals surface area (Å²) in [6.45, 7) is 1.37. The van der Waals surface area contributed by atoms with E-state index < -0.39 is 17.5 Å². The van der Waals surface area contributed by atoms with E-state index >= 15 is 0 Å². The summed E-state index contributed by atoms with van der Waals surface area (Å²) in [6, 6.07) is 5.06. The Hall–Kier alpha value is -3.36. The molecule has 0 atom stereocenters. The second-order valence-electron chi connectivity index (χ2n) is 6.29. The minimum Gasteiger partial charge on any atom is -0.356 e. The Balaban J connectivity index is 1.81. The molecule has 0 radical (unpaired) electrons. The van der Waals surface area contributed by atoms with Crippen LogP contribution in [0.15, 0.2) is 36.8 Å². The van der Waals surface area contributed by atoms with E-state index in [2.05, 4.69) is 20.4 Å². The van der Waals surface area contributed by atoms with Crippen LogP contribution in [0.1, 0.15) is 6.42 Å². The largest absolute Gasteiger partial charge is 0.356 e. The number of imidazole rings is 1. The summed E-state index contributed by atoms with van der Waals surface area (Å²) in [4.78, 5) is 8.55. The first-order chi connectivity index (χ1) is 13.1. The van der Waals surface area contributed by atoms with Crippen LogP contribution in [0.5, 0.6) is 0 Å². The third kappa shape index (κ3) is 2.46. The van der Waals surface area contributed by atoms with Gasteiger partial charge >= 0.3 is 0 Å². The van der Waals surface area contributed by atoms with Gasteiger partial charge in [-0.2, -0.15) is 5.10 Å². The smallest absolute Gasteiger partial charge is 0.203 e. The Kier molecular flexibility index (Phi) is 3.43. The van der Waals surface area contributed by atoms with E-state index in [1.807, 2.05) is 4.57 Å². The first-order valence-corrected chi connectivity index (χ1v) is 8.41. The Morgan fingerprint density at radius 1 is 1.11 bits per heavy atom. The van der Waals surface area contributed by atoms with Gasteiger partial charge in [0.15, 0.2) is 17.3 Å². The molecule has 3 aromatic heterocycles. The lowest BCUT2D eigenvalue weighted by Gasteiger charge is -2.18. The molecular formula is C18H13F3N6. The highest BCUT2D eigenvalue weighted by Gasteiger charge is 2.25. The summed E-state index contributed by atoms with van der Waals surface area (Å²) in [5.74, 6) is -2.70. The number of halogens is 3. The number of nitrogens with zero attached hydrogens (tertiary/aromatic N) is 5. The monoisotopic (exact) mass is 370 g/mol. The van der Waals surface area contributed by atoms with Gasteiger partial charge in [0.05, 0.1) is 5.69 Å². The third-order valence-corrected chi connectivity index (χ3v) is 4.60. The number of pyridine rings is 1. The van der Waals surface area contributed by atoms with Gasteiger partial charge < -0.3 is 9.88 Å². The highest BCUT2D eigenvalue weighted by Crippen LogP contribution is 2.37. The van der Waals surface area contributed by atoms with Gasteiger partial charge in [-0.15, -0.1) is 0 Å². The van der Waals surface area contributed by atoms with Crippen LogP contribution in [-0.2, 0) is 6.54 Å². The molecule has 4 aromatic rings. The Bertz CT molecular complexity index is 1180. The van der Waals surface area contributed by atoms with Gasteiger partial charge in [0.25, 0.3) is 0 Å². The van der Waals surface area contributed by atoms with Crippen molar-refractivity contribution < 1.29 is 13.2 Å². The molecule has 6 nitrogen and oxygen atoms in total. The molecule has 5 rings (SSSR count). The van der Waals surface area contributed by atoms with E-state index in [9.17, 15) is 13.2 Å². The quantitative estimate of drug-likeness (QED) is 0.549. The molecule has 0 aliphatic carbocycles. The molecular weight excluding hydrogens is 357 g/mol. The average Bonchev–Trinajstić information content (AvgIpc) is 3.28. The Morgan fingerprint density at radius 2 is 2.00 bits per heavy atom. The number of benzene rings is 1. The molecule has 0 saturated heterocycles. The fraction of sp³-hybridized carbons (Fsp3) is 0.167. The molecule has 0 saturated carbocycles. The van der Waals surface area contributed by atoms with Crippen molar-refractivity contribution in [3.8, 4) is 22.5 Å². The van der Waals surface area contributed by atoms with Crippen LogP contribution in [0.3, 0.4) is 0 Å². The minimum atomic E-state index is -1.25.